The van der Waals surface area contributed by atoms with Gasteiger partial charge in [-0.2, -0.15) is 0 Å². The number of carbonyl (C=O) groups excluding carboxylic acids is 4. The Morgan fingerprint density at radius 2 is 0.667 bits per heavy atom. The van der Waals surface area contributed by atoms with E-state index >= 15 is 0 Å². The van der Waals surface area contributed by atoms with Crippen LogP contribution in [0.1, 0.15) is 81.0 Å². The van der Waals surface area contributed by atoms with Gasteiger partial charge in [-0.1, -0.05) is 80.6 Å². The zero-order chi connectivity index (χ0) is 32.5. The second-order valence-electron chi connectivity index (χ2n) is 9.98. The molecule has 0 aliphatic carbocycles. The third kappa shape index (κ3) is 17.9. The summed E-state index contributed by atoms with van der Waals surface area (Å²) in [5, 5.41) is 0. The predicted octanol–water partition coefficient (Wildman–Crippen LogP) is 7.38. The summed E-state index contributed by atoms with van der Waals surface area (Å²) in [6, 6.07) is 14.8. The smallest absolute Gasteiger partial charge is 0.330 e. The molecule has 240 valence electrons. The van der Waals surface area contributed by atoms with E-state index in [0.29, 0.717) is 26.4 Å². The predicted molar refractivity (Wildman–Crippen MR) is 177 cm³/mol. The number of carbonyl (C=O) groups is 4. The quantitative estimate of drug-likeness (QED) is 0.0657. The minimum Gasteiger partial charge on any atom is -0.463 e. The molecule has 0 aliphatic heterocycles. The van der Waals surface area contributed by atoms with Crippen molar-refractivity contribution in [3.63, 3.8) is 0 Å². The van der Waals surface area contributed by atoms with Crippen LogP contribution in [-0.4, -0.2) is 50.3 Å². The van der Waals surface area contributed by atoms with E-state index in [0.717, 1.165) is 67.2 Å². The highest BCUT2D eigenvalue weighted by Gasteiger charge is 2.01. The standard InChI is InChI=1S/C37H44O8/c1-3-42-34(38)24-20-30-12-16-32(17-13-30)22-26-36(40)44-28-10-8-6-5-7-9-11-29-45-37(41)27-23-33-18-14-31(15-19-33)21-25-35(39)43-4-2/h12-27H,3-11,28-29H2,1-2H3/b24-20+,25-21+,26-22+,27-23+. The van der Waals surface area contributed by atoms with Crippen LogP contribution >= 0.6 is 0 Å². The van der Waals surface area contributed by atoms with Crippen LogP contribution in [0.2, 0.25) is 0 Å². The van der Waals surface area contributed by atoms with Gasteiger partial charge in [0.1, 0.15) is 0 Å². The van der Waals surface area contributed by atoms with Crippen LogP contribution < -0.4 is 0 Å². The molecule has 45 heavy (non-hydrogen) atoms. The zero-order valence-corrected chi connectivity index (χ0v) is 26.3. The van der Waals surface area contributed by atoms with E-state index in [1.54, 1.807) is 38.2 Å². The highest BCUT2D eigenvalue weighted by Crippen LogP contribution is 2.11. The fraction of sp³-hybridized carbons (Fsp3) is 0.351. The second-order valence-corrected chi connectivity index (χ2v) is 9.98. The number of unbranched alkanes of at least 4 members (excludes halogenated alkanes) is 6. The molecule has 0 atom stereocenters. The molecule has 0 aliphatic rings. The number of ether oxygens (including phenoxy) is 4. The number of rotatable bonds is 20. The Labute approximate surface area is 266 Å². The minimum atomic E-state index is -0.380. The van der Waals surface area contributed by atoms with Crippen molar-refractivity contribution in [3.8, 4) is 0 Å². The maximum absolute atomic E-state index is 12.0. The third-order valence-corrected chi connectivity index (χ3v) is 6.37. The molecule has 2 aromatic rings. The molecule has 0 N–H and O–H groups in total. The molecule has 8 heteroatoms. The van der Waals surface area contributed by atoms with Crippen molar-refractivity contribution in [2.75, 3.05) is 26.4 Å². The maximum atomic E-state index is 12.0. The molecule has 0 radical (unpaired) electrons. The molecule has 0 heterocycles. The van der Waals surface area contributed by atoms with Crippen molar-refractivity contribution in [2.24, 2.45) is 0 Å². The van der Waals surface area contributed by atoms with Gasteiger partial charge < -0.3 is 18.9 Å². The third-order valence-electron chi connectivity index (χ3n) is 6.37. The average Bonchev–Trinajstić information content (AvgIpc) is 3.04. The van der Waals surface area contributed by atoms with Crippen molar-refractivity contribution in [3.05, 3.63) is 95.1 Å². The van der Waals surface area contributed by atoms with E-state index in [1.165, 1.54) is 24.3 Å². The first-order valence-corrected chi connectivity index (χ1v) is 15.5. The fourth-order valence-electron chi connectivity index (χ4n) is 4.00. The van der Waals surface area contributed by atoms with E-state index in [-0.39, 0.29) is 23.9 Å². The SMILES string of the molecule is CCOC(=O)/C=C/c1ccc(/C=C/C(=O)OCCCCCCCCCOC(=O)/C=C/c2ccc(/C=C/C(=O)OCC)cc2)cc1. The number of hydrogen-bond acceptors (Lipinski definition) is 8. The molecular formula is C37H44O8. The number of esters is 4. The van der Waals surface area contributed by atoms with Gasteiger partial charge in [-0.3, -0.25) is 0 Å². The second kappa shape index (κ2) is 22.8. The van der Waals surface area contributed by atoms with E-state index in [1.807, 2.05) is 48.5 Å². The van der Waals surface area contributed by atoms with Gasteiger partial charge in [-0.25, -0.2) is 19.2 Å². The van der Waals surface area contributed by atoms with Crippen molar-refractivity contribution in [1.29, 1.82) is 0 Å². The Bertz CT molecular complexity index is 1200. The monoisotopic (exact) mass is 616 g/mol. The molecule has 0 bridgehead atoms. The molecule has 0 saturated heterocycles. The van der Waals surface area contributed by atoms with E-state index in [4.69, 9.17) is 18.9 Å². The first-order chi connectivity index (χ1) is 21.9. The average molecular weight is 617 g/mol. The zero-order valence-electron chi connectivity index (χ0n) is 26.3. The van der Waals surface area contributed by atoms with Gasteiger partial charge in [-0.15, -0.1) is 0 Å². The first kappa shape index (κ1) is 36.5. The highest BCUT2D eigenvalue weighted by molar-refractivity contribution is 5.89. The highest BCUT2D eigenvalue weighted by atomic mass is 16.5. The summed E-state index contributed by atoms with van der Waals surface area (Å²) in [6.07, 6.45) is 19.2. The summed E-state index contributed by atoms with van der Waals surface area (Å²) < 4.78 is 20.3. The van der Waals surface area contributed by atoms with Gasteiger partial charge in [0, 0.05) is 24.3 Å². The van der Waals surface area contributed by atoms with Crippen molar-refractivity contribution < 1.29 is 38.1 Å². The van der Waals surface area contributed by atoms with Crippen molar-refractivity contribution >= 4 is 48.2 Å². The number of hydrogen-bond donors (Lipinski definition) is 0. The summed E-state index contributed by atoms with van der Waals surface area (Å²) >= 11 is 0. The van der Waals surface area contributed by atoms with Crippen LogP contribution in [0.5, 0.6) is 0 Å². The van der Waals surface area contributed by atoms with E-state index in [2.05, 4.69) is 0 Å². The Kier molecular flexibility index (Phi) is 18.5. The van der Waals surface area contributed by atoms with Crippen LogP contribution in [0.3, 0.4) is 0 Å². The van der Waals surface area contributed by atoms with Gasteiger partial charge in [0.25, 0.3) is 0 Å². The van der Waals surface area contributed by atoms with Crippen molar-refractivity contribution in [1.82, 2.24) is 0 Å². The molecule has 0 saturated carbocycles. The molecule has 0 spiro atoms. The Morgan fingerprint density at radius 1 is 0.422 bits per heavy atom. The lowest BCUT2D eigenvalue weighted by Crippen LogP contribution is -2.02. The summed E-state index contributed by atoms with van der Waals surface area (Å²) in [5.74, 6) is -1.50. The minimum absolute atomic E-state index is 0.339. The van der Waals surface area contributed by atoms with Gasteiger partial charge in [0.15, 0.2) is 0 Å². The van der Waals surface area contributed by atoms with Crippen LogP contribution in [-0.2, 0) is 38.1 Å². The molecule has 0 fully saturated rings. The van der Waals surface area contributed by atoms with Crippen LogP contribution in [0.15, 0.2) is 72.8 Å². The maximum Gasteiger partial charge on any atom is 0.330 e. The molecular weight excluding hydrogens is 572 g/mol. The lowest BCUT2D eigenvalue weighted by Gasteiger charge is -2.04. The van der Waals surface area contributed by atoms with Crippen LogP contribution in [0.4, 0.5) is 0 Å². The largest absolute Gasteiger partial charge is 0.463 e. The first-order valence-electron chi connectivity index (χ1n) is 15.5. The molecule has 0 unspecified atom stereocenters. The Morgan fingerprint density at radius 3 is 0.933 bits per heavy atom. The summed E-state index contributed by atoms with van der Waals surface area (Å²) in [7, 11) is 0. The Balaban J connectivity index is 1.47. The van der Waals surface area contributed by atoms with Crippen LogP contribution in [0, 0.1) is 0 Å². The fourth-order valence-corrected chi connectivity index (χ4v) is 4.00. The normalized spacial score (nSPS) is 11.4. The molecule has 8 nitrogen and oxygen atoms in total. The summed E-state index contributed by atoms with van der Waals surface area (Å²) in [5.41, 5.74) is 3.43. The topological polar surface area (TPSA) is 105 Å². The summed E-state index contributed by atoms with van der Waals surface area (Å²) in [6.45, 7) is 4.97. The van der Waals surface area contributed by atoms with Gasteiger partial charge in [0.2, 0.25) is 0 Å². The molecule has 0 aromatic heterocycles. The van der Waals surface area contributed by atoms with Gasteiger partial charge in [0.05, 0.1) is 26.4 Å². The number of benzene rings is 2. The summed E-state index contributed by atoms with van der Waals surface area (Å²) in [4.78, 5) is 46.7. The molecule has 0 amide bonds. The Hall–Kier alpha value is -4.72. The van der Waals surface area contributed by atoms with Gasteiger partial charge in [-0.05, 0) is 73.2 Å². The van der Waals surface area contributed by atoms with Gasteiger partial charge >= 0.3 is 23.9 Å². The molecule has 2 aromatic carbocycles. The van der Waals surface area contributed by atoms with Crippen molar-refractivity contribution in [2.45, 2.75) is 58.8 Å². The lowest BCUT2D eigenvalue weighted by molar-refractivity contribution is -0.138. The van der Waals surface area contributed by atoms with E-state index in [9.17, 15) is 19.2 Å². The van der Waals surface area contributed by atoms with E-state index < -0.39 is 0 Å². The molecule has 2 rings (SSSR count). The van der Waals surface area contributed by atoms with Crippen LogP contribution in [0.25, 0.3) is 24.3 Å². The lowest BCUT2D eigenvalue weighted by atomic mass is 10.1.